The number of hydrogen-bond donors (Lipinski definition) is 1. The van der Waals surface area contributed by atoms with Crippen LogP contribution in [0.5, 0.6) is 5.75 Å². The van der Waals surface area contributed by atoms with E-state index in [1.807, 2.05) is 49.4 Å². The van der Waals surface area contributed by atoms with Crippen LogP contribution in [0.15, 0.2) is 46.9 Å². The third-order valence-electron chi connectivity index (χ3n) is 4.67. The number of likely N-dealkylation sites (N-methyl/N-ethyl adjacent to an activating group) is 1. The van der Waals surface area contributed by atoms with Crippen molar-refractivity contribution in [1.82, 2.24) is 15.1 Å². The summed E-state index contributed by atoms with van der Waals surface area (Å²) in [5, 5.41) is 2.99. The number of halogens is 1. The van der Waals surface area contributed by atoms with Gasteiger partial charge in [-0.3, -0.25) is 9.69 Å². The predicted molar refractivity (Wildman–Crippen MR) is 107 cm³/mol. The fourth-order valence-electron chi connectivity index (χ4n) is 3.10. The molecule has 6 nitrogen and oxygen atoms in total. The summed E-state index contributed by atoms with van der Waals surface area (Å²) in [5.74, 6) is 2.35. The Morgan fingerprint density at radius 3 is 2.48 bits per heavy atom. The van der Waals surface area contributed by atoms with E-state index in [1.54, 1.807) is 0 Å². The predicted octanol–water partition coefficient (Wildman–Crippen LogP) is 2.49. The average molecular weight is 394 g/mol. The molecule has 0 bridgehead atoms. The molecule has 2 heterocycles. The van der Waals surface area contributed by atoms with Crippen molar-refractivity contribution in [3.05, 3.63) is 54.0 Å². The lowest BCUT2D eigenvalue weighted by Crippen LogP contribution is -2.48. The minimum atomic E-state index is -0.128. The van der Waals surface area contributed by atoms with Crippen LogP contribution in [0.2, 0.25) is 0 Å². The van der Waals surface area contributed by atoms with Crippen LogP contribution >= 0.6 is 12.4 Å². The van der Waals surface area contributed by atoms with Crippen molar-refractivity contribution in [2.75, 3.05) is 46.4 Å². The molecule has 1 N–H and O–H groups in total. The molecule has 1 unspecified atom stereocenters. The maximum atomic E-state index is 12.2. The smallest absolute Gasteiger partial charge is 0.258 e. The van der Waals surface area contributed by atoms with Crippen LogP contribution in [0.1, 0.15) is 17.6 Å². The van der Waals surface area contributed by atoms with Crippen LogP contribution < -0.4 is 10.1 Å². The van der Waals surface area contributed by atoms with Crippen molar-refractivity contribution in [3.63, 3.8) is 0 Å². The second-order valence-electron chi connectivity index (χ2n) is 6.71. The monoisotopic (exact) mass is 393 g/mol. The molecule has 1 aliphatic rings. The molecular formula is C20H28ClN3O3. The number of nitrogens with one attached hydrogen (secondary N) is 1. The molecule has 1 aromatic heterocycles. The van der Waals surface area contributed by atoms with Crippen LogP contribution in [0.25, 0.3) is 0 Å². The fraction of sp³-hybridized carbons (Fsp3) is 0.450. The molecule has 1 fully saturated rings. The van der Waals surface area contributed by atoms with E-state index in [4.69, 9.17) is 9.15 Å². The number of ether oxygens (including phenoxy) is 1. The molecule has 7 heteroatoms. The van der Waals surface area contributed by atoms with E-state index >= 15 is 0 Å². The van der Waals surface area contributed by atoms with Gasteiger partial charge in [-0.05, 0) is 38.2 Å². The molecule has 1 amide bonds. The van der Waals surface area contributed by atoms with Gasteiger partial charge in [-0.2, -0.15) is 0 Å². The summed E-state index contributed by atoms with van der Waals surface area (Å²) >= 11 is 0. The van der Waals surface area contributed by atoms with Crippen molar-refractivity contribution >= 4 is 18.3 Å². The van der Waals surface area contributed by atoms with E-state index in [0.29, 0.717) is 12.3 Å². The Kier molecular flexibility index (Phi) is 8.16. The van der Waals surface area contributed by atoms with Gasteiger partial charge in [-0.1, -0.05) is 18.2 Å². The molecule has 0 saturated carbocycles. The van der Waals surface area contributed by atoms with E-state index < -0.39 is 0 Å². The standard InChI is InChI=1S/C20H27N3O3.ClH/c1-16-8-9-19(26-16)18(23-12-10-22(2)11-13-23)14-21-20(24)15-25-17-6-4-3-5-7-17;/h3-9,18H,10-15H2,1-2H3,(H,21,24);1H. The molecule has 148 valence electrons. The first-order chi connectivity index (χ1) is 12.6. The number of amides is 1. The fourth-order valence-corrected chi connectivity index (χ4v) is 3.10. The molecule has 0 aliphatic carbocycles. The number of carbonyl (C=O) groups excluding carboxylic acids is 1. The highest BCUT2D eigenvalue weighted by Crippen LogP contribution is 2.23. The first-order valence-corrected chi connectivity index (χ1v) is 9.05. The lowest BCUT2D eigenvalue weighted by atomic mass is 10.1. The van der Waals surface area contributed by atoms with Crippen LogP contribution in [0.3, 0.4) is 0 Å². The number of benzene rings is 1. The molecule has 1 atom stereocenters. The van der Waals surface area contributed by atoms with E-state index in [9.17, 15) is 4.79 Å². The number of hydrogen-bond acceptors (Lipinski definition) is 5. The van der Waals surface area contributed by atoms with Crippen molar-refractivity contribution in [3.8, 4) is 5.75 Å². The molecule has 0 radical (unpaired) electrons. The SMILES string of the molecule is Cc1ccc(C(CNC(=O)COc2ccccc2)N2CCN(C)CC2)o1.Cl. The number of nitrogens with zero attached hydrogens (tertiary/aromatic N) is 2. The summed E-state index contributed by atoms with van der Waals surface area (Å²) < 4.78 is 11.4. The topological polar surface area (TPSA) is 58.0 Å². The van der Waals surface area contributed by atoms with Gasteiger partial charge >= 0.3 is 0 Å². The molecule has 3 rings (SSSR count). The Bertz CT molecular complexity index is 700. The van der Waals surface area contributed by atoms with Gasteiger partial charge in [0.2, 0.25) is 0 Å². The second-order valence-corrected chi connectivity index (χ2v) is 6.71. The van der Waals surface area contributed by atoms with Crippen LogP contribution in [-0.4, -0.2) is 62.1 Å². The van der Waals surface area contributed by atoms with Gasteiger partial charge in [0, 0.05) is 32.7 Å². The highest BCUT2D eigenvalue weighted by atomic mass is 35.5. The Morgan fingerprint density at radius 2 is 1.85 bits per heavy atom. The zero-order valence-electron chi connectivity index (χ0n) is 15.9. The lowest BCUT2D eigenvalue weighted by Gasteiger charge is -2.37. The molecule has 1 saturated heterocycles. The molecule has 1 aliphatic heterocycles. The minimum absolute atomic E-state index is 0. The van der Waals surface area contributed by atoms with Gasteiger partial charge in [-0.25, -0.2) is 0 Å². The van der Waals surface area contributed by atoms with Crippen LogP contribution in [-0.2, 0) is 4.79 Å². The number of piperazine rings is 1. The van der Waals surface area contributed by atoms with Gasteiger partial charge in [0.25, 0.3) is 5.91 Å². The quantitative estimate of drug-likeness (QED) is 0.783. The zero-order valence-corrected chi connectivity index (χ0v) is 16.7. The molecule has 27 heavy (non-hydrogen) atoms. The van der Waals surface area contributed by atoms with Crippen molar-refractivity contribution in [1.29, 1.82) is 0 Å². The zero-order chi connectivity index (χ0) is 18.4. The summed E-state index contributed by atoms with van der Waals surface area (Å²) in [5.41, 5.74) is 0. The second kappa shape index (κ2) is 10.3. The summed E-state index contributed by atoms with van der Waals surface area (Å²) in [6.45, 7) is 6.40. The van der Waals surface area contributed by atoms with Crippen LogP contribution in [0.4, 0.5) is 0 Å². The number of aryl methyl sites for hydroxylation is 1. The molecule has 2 aromatic rings. The first-order valence-electron chi connectivity index (χ1n) is 9.05. The van der Waals surface area contributed by atoms with Gasteiger partial charge < -0.3 is 19.4 Å². The molecular weight excluding hydrogens is 366 g/mol. The van der Waals surface area contributed by atoms with Gasteiger partial charge in [0.15, 0.2) is 6.61 Å². The highest BCUT2D eigenvalue weighted by Gasteiger charge is 2.26. The largest absolute Gasteiger partial charge is 0.484 e. The highest BCUT2D eigenvalue weighted by molar-refractivity contribution is 5.85. The summed E-state index contributed by atoms with van der Waals surface area (Å²) in [4.78, 5) is 16.9. The van der Waals surface area contributed by atoms with E-state index in [-0.39, 0.29) is 31.0 Å². The number of rotatable bonds is 7. The van der Waals surface area contributed by atoms with Crippen molar-refractivity contribution in [2.24, 2.45) is 0 Å². The normalized spacial score (nSPS) is 16.4. The Morgan fingerprint density at radius 1 is 1.15 bits per heavy atom. The molecule has 1 aromatic carbocycles. The summed E-state index contributed by atoms with van der Waals surface area (Å²) in [7, 11) is 2.13. The summed E-state index contributed by atoms with van der Waals surface area (Å²) in [6, 6.07) is 13.4. The van der Waals surface area contributed by atoms with Gasteiger partial charge in [-0.15, -0.1) is 12.4 Å². The number of furan rings is 1. The maximum Gasteiger partial charge on any atom is 0.258 e. The maximum absolute atomic E-state index is 12.2. The average Bonchev–Trinajstić information content (AvgIpc) is 3.08. The van der Waals surface area contributed by atoms with Crippen molar-refractivity contribution < 1.29 is 13.9 Å². The van der Waals surface area contributed by atoms with Crippen molar-refractivity contribution in [2.45, 2.75) is 13.0 Å². The van der Waals surface area contributed by atoms with Gasteiger partial charge in [0.1, 0.15) is 17.3 Å². The third kappa shape index (κ3) is 6.27. The Hall–Kier alpha value is -2.02. The third-order valence-corrected chi connectivity index (χ3v) is 4.67. The Labute approximate surface area is 166 Å². The van der Waals surface area contributed by atoms with E-state index in [2.05, 4.69) is 22.2 Å². The van der Waals surface area contributed by atoms with Gasteiger partial charge in [0.05, 0.1) is 6.04 Å². The number of para-hydroxylation sites is 1. The van der Waals surface area contributed by atoms with Crippen LogP contribution in [0, 0.1) is 6.92 Å². The Balaban J connectivity index is 0.00000261. The summed E-state index contributed by atoms with van der Waals surface area (Å²) in [6.07, 6.45) is 0. The van der Waals surface area contributed by atoms with E-state index in [1.165, 1.54) is 0 Å². The minimum Gasteiger partial charge on any atom is -0.484 e. The first kappa shape index (κ1) is 21.3. The lowest BCUT2D eigenvalue weighted by molar-refractivity contribution is -0.123. The molecule has 0 spiro atoms. The number of carbonyl (C=O) groups is 1. The van der Waals surface area contributed by atoms with E-state index in [0.717, 1.165) is 37.7 Å².